The molecule has 0 aliphatic carbocycles. The fraction of sp³-hybridized carbons (Fsp3) is 0.500. The van der Waals surface area contributed by atoms with Crippen LogP contribution in [0, 0.1) is 0 Å². The molecule has 3 aliphatic heterocycles. The van der Waals surface area contributed by atoms with E-state index in [1.165, 1.54) is 0 Å². The lowest BCUT2D eigenvalue weighted by Crippen LogP contribution is -2.41. The molecular formula is C18H24N4O2. The lowest BCUT2D eigenvalue weighted by molar-refractivity contribution is -0.113. The fourth-order valence-corrected chi connectivity index (χ4v) is 3.85. The number of ether oxygens (including phenoxy) is 1. The monoisotopic (exact) mass is 328 g/mol. The van der Waals surface area contributed by atoms with Crippen LogP contribution in [0.25, 0.3) is 5.57 Å². The number of nitrogens with zero attached hydrogens (tertiary/aromatic N) is 1. The number of hydrogen-bond donors (Lipinski definition) is 3. The van der Waals surface area contributed by atoms with Crippen molar-refractivity contribution in [1.29, 1.82) is 0 Å². The molecule has 0 aromatic heterocycles. The molecule has 128 valence electrons. The molecule has 2 saturated heterocycles. The van der Waals surface area contributed by atoms with Gasteiger partial charge >= 0.3 is 0 Å². The number of carbonyl (C=O) groups is 1. The van der Waals surface area contributed by atoms with Crippen LogP contribution >= 0.6 is 0 Å². The van der Waals surface area contributed by atoms with Crippen molar-refractivity contribution in [2.24, 2.45) is 0 Å². The first-order valence-electron chi connectivity index (χ1n) is 8.74. The summed E-state index contributed by atoms with van der Waals surface area (Å²) in [6, 6.07) is 6.01. The lowest BCUT2D eigenvalue weighted by atomic mass is 10.0. The van der Waals surface area contributed by atoms with E-state index in [9.17, 15) is 4.79 Å². The van der Waals surface area contributed by atoms with E-state index in [-0.39, 0.29) is 11.9 Å². The zero-order valence-electron chi connectivity index (χ0n) is 13.8. The smallest absolute Gasteiger partial charge is 0.260 e. The van der Waals surface area contributed by atoms with Gasteiger partial charge in [-0.25, -0.2) is 0 Å². The van der Waals surface area contributed by atoms with Gasteiger partial charge in [0, 0.05) is 62.3 Å². The fourth-order valence-electron chi connectivity index (χ4n) is 3.85. The lowest BCUT2D eigenvalue weighted by Gasteiger charge is -2.31. The van der Waals surface area contributed by atoms with Gasteiger partial charge in [0.05, 0.1) is 11.3 Å². The van der Waals surface area contributed by atoms with Crippen LogP contribution in [0.5, 0.6) is 0 Å². The minimum absolute atomic E-state index is 0.104. The molecular weight excluding hydrogens is 304 g/mol. The van der Waals surface area contributed by atoms with Crippen LogP contribution in [-0.2, 0) is 9.53 Å². The van der Waals surface area contributed by atoms with E-state index in [1.807, 2.05) is 23.1 Å². The summed E-state index contributed by atoms with van der Waals surface area (Å²) in [5.74, 6) is 0.104. The SMILES string of the molecule is Nc1ccc2c(c1)/C(=C1\CCNCCN1)C(=O)N2C1CCOCC1. The van der Waals surface area contributed by atoms with Crippen LogP contribution in [0.1, 0.15) is 24.8 Å². The zero-order chi connectivity index (χ0) is 16.5. The molecule has 3 aliphatic rings. The number of amides is 1. The summed E-state index contributed by atoms with van der Waals surface area (Å²) in [5, 5.41) is 6.80. The van der Waals surface area contributed by atoms with Crippen molar-refractivity contribution in [3.63, 3.8) is 0 Å². The third-order valence-electron chi connectivity index (χ3n) is 5.03. The number of nitrogens with two attached hydrogens (primary N) is 1. The van der Waals surface area contributed by atoms with Crippen molar-refractivity contribution in [3.8, 4) is 0 Å². The Morgan fingerprint density at radius 2 is 2.00 bits per heavy atom. The number of carbonyl (C=O) groups excluding carboxylic acids is 1. The highest BCUT2D eigenvalue weighted by molar-refractivity contribution is 6.33. The Labute approximate surface area is 142 Å². The number of nitrogens with one attached hydrogen (secondary N) is 2. The van der Waals surface area contributed by atoms with Gasteiger partial charge in [-0.2, -0.15) is 0 Å². The van der Waals surface area contributed by atoms with Crippen molar-refractivity contribution in [2.75, 3.05) is 43.5 Å². The summed E-state index contributed by atoms with van der Waals surface area (Å²) >= 11 is 0. The second kappa shape index (κ2) is 6.45. The first-order valence-corrected chi connectivity index (χ1v) is 8.74. The van der Waals surface area contributed by atoms with E-state index in [4.69, 9.17) is 10.5 Å². The van der Waals surface area contributed by atoms with Gasteiger partial charge in [0.2, 0.25) is 0 Å². The summed E-state index contributed by atoms with van der Waals surface area (Å²) in [6.07, 6.45) is 2.59. The van der Waals surface area contributed by atoms with Gasteiger partial charge in [-0.05, 0) is 31.0 Å². The predicted molar refractivity (Wildman–Crippen MR) is 94.6 cm³/mol. The minimum Gasteiger partial charge on any atom is -0.399 e. The summed E-state index contributed by atoms with van der Waals surface area (Å²) in [6.45, 7) is 4.06. The topological polar surface area (TPSA) is 79.6 Å². The maximum absolute atomic E-state index is 13.3. The van der Waals surface area contributed by atoms with Crippen LogP contribution < -0.4 is 21.3 Å². The molecule has 0 spiro atoms. The second-order valence-electron chi connectivity index (χ2n) is 6.58. The Kier molecular flexibility index (Phi) is 4.16. The molecule has 4 N–H and O–H groups in total. The van der Waals surface area contributed by atoms with E-state index >= 15 is 0 Å². The largest absolute Gasteiger partial charge is 0.399 e. The molecule has 24 heavy (non-hydrogen) atoms. The van der Waals surface area contributed by atoms with Gasteiger partial charge in [0.15, 0.2) is 0 Å². The highest BCUT2D eigenvalue weighted by atomic mass is 16.5. The number of fused-ring (bicyclic) bond motifs is 1. The maximum Gasteiger partial charge on any atom is 0.260 e. The molecule has 1 aromatic rings. The predicted octanol–water partition coefficient (Wildman–Crippen LogP) is 1.09. The number of nitrogen functional groups attached to an aromatic ring is 1. The summed E-state index contributed by atoms with van der Waals surface area (Å²) in [4.78, 5) is 15.3. The van der Waals surface area contributed by atoms with E-state index in [1.54, 1.807) is 0 Å². The van der Waals surface area contributed by atoms with Crippen LogP contribution in [0.2, 0.25) is 0 Å². The molecule has 1 aromatic carbocycles. The molecule has 0 atom stereocenters. The first-order chi connectivity index (χ1) is 11.8. The Hall–Kier alpha value is -2.05. The second-order valence-corrected chi connectivity index (χ2v) is 6.58. The van der Waals surface area contributed by atoms with Crippen LogP contribution in [0.4, 0.5) is 11.4 Å². The summed E-state index contributed by atoms with van der Waals surface area (Å²) in [5.41, 5.74) is 10.5. The number of hydrogen-bond acceptors (Lipinski definition) is 5. The molecule has 6 heteroatoms. The van der Waals surface area contributed by atoms with E-state index < -0.39 is 0 Å². The Balaban J connectivity index is 1.79. The Morgan fingerprint density at radius 3 is 2.83 bits per heavy atom. The van der Waals surface area contributed by atoms with Gasteiger partial charge in [0.1, 0.15) is 0 Å². The molecule has 6 nitrogen and oxygen atoms in total. The number of benzene rings is 1. The molecule has 2 fully saturated rings. The molecule has 0 radical (unpaired) electrons. The van der Waals surface area contributed by atoms with Crippen LogP contribution in [0.3, 0.4) is 0 Å². The van der Waals surface area contributed by atoms with Gasteiger partial charge in [-0.1, -0.05) is 0 Å². The number of rotatable bonds is 1. The van der Waals surface area contributed by atoms with E-state index in [0.29, 0.717) is 18.9 Å². The van der Waals surface area contributed by atoms with Crippen molar-refractivity contribution in [1.82, 2.24) is 10.6 Å². The van der Waals surface area contributed by atoms with E-state index in [0.717, 1.165) is 61.4 Å². The van der Waals surface area contributed by atoms with Gasteiger partial charge in [0.25, 0.3) is 5.91 Å². The minimum atomic E-state index is 0.104. The van der Waals surface area contributed by atoms with Crippen molar-refractivity contribution < 1.29 is 9.53 Å². The highest BCUT2D eigenvalue weighted by Gasteiger charge is 2.39. The number of anilines is 2. The third kappa shape index (κ3) is 2.65. The quantitative estimate of drug-likeness (QED) is 0.531. The van der Waals surface area contributed by atoms with Gasteiger partial charge < -0.3 is 26.0 Å². The first kappa shape index (κ1) is 15.5. The Morgan fingerprint density at radius 1 is 1.17 bits per heavy atom. The molecule has 0 bridgehead atoms. The summed E-state index contributed by atoms with van der Waals surface area (Å²) in [7, 11) is 0. The molecule has 4 rings (SSSR count). The normalized spacial score (nSPS) is 25.3. The van der Waals surface area contributed by atoms with Crippen molar-refractivity contribution >= 4 is 22.9 Å². The highest BCUT2D eigenvalue weighted by Crippen LogP contribution is 2.42. The average Bonchev–Trinajstić information content (AvgIpc) is 2.76. The molecule has 0 saturated carbocycles. The zero-order valence-corrected chi connectivity index (χ0v) is 13.8. The molecule has 0 unspecified atom stereocenters. The van der Waals surface area contributed by atoms with Crippen molar-refractivity contribution in [2.45, 2.75) is 25.3 Å². The van der Waals surface area contributed by atoms with Gasteiger partial charge in [-0.3, -0.25) is 4.79 Å². The average molecular weight is 328 g/mol. The Bertz CT molecular complexity index is 670. The van der Waals surface area contributed by atoms with Crippen molar-refractivity contribution in [3.05, 3.63) is 29.5 Å². The standard InChI is InChI=1S/C18H24N4O2/c19-12-1-2-16-14(11-12)17(15-3-6-20-7-8-21-15)18(23)22(16)13-4-9-24-10-5-13/h1-2,11,13,20-21H,3-10,19H2/b17-15-. The maximum atomic E-state index is 13.3. The van der Waals surface area contributed by atoms with Gasteiger partial charge in [-0.15, -0.1) is 0 Å². The van der Waals surface area contributed by atoms with E-state index in [2.05, 4.69) is 10.6 Å². The molecule has 3 heterocycles. The van der Waals surface area contributed by atoms with Crippen LogP contribution in [0.15, 0.2) is 23.9 Å². The van der Waals surface area contributed by atoms with Crippen LogP contribution in [-0.4, -0.2) is 44.8 Å². The summed E-state index contributed by atoms with van der Waals surface area (Å²) < 4.78 is 5.47. The third-order valence-corrected chi connectivity index (χ3v) is 5.03. The molecule has 1 amide bonds.